The molecule has 2 aromatic rings. The van der Waals surface area contributed by atoms with Crippen molar-refractivity contribution in [2.75, 3.05) is 32.6 Å². The summed E-state index contributed by atoms with van der Waals surface area (Å²) in [5.74, 6) is 0.516. The van der Waals surface area contributed by atoms with Crippen LogP contribution in [-0.4, -0.2) is 67.4 Å². The van der Waals surface area contributed by atoms with Crippen LogP contribution in [0, 0.1) is 0 Å². The van der Waals surface area contributed by atoms with E-state index >= 15 is 0 Å². The summed E-state index contributed by atoms with van der Waals surface area (Å²) in [5, 5.41) is 15.8. The lowest BCUT2D eigenvalue weighted by Gasteiger charge is -2.37. The molecule has 1 fully saturated rings. The van der Waals surface area contributed by atoms with Crippen LogP contribution in [0.25, 0.3) is 0 Å². The van der Waals surface area contributed by atoms with Crippen molar-refractivity contribution in [3.8, 4) is 5.75 Å². The summed E-state index contributed by atoms with van der Waals surface area (Å²) in [6.07, 6.45) is -0.361. The standard InChI is InChI=1S/C25H31N3O5/c1-28(2)14-24(31)27-17-8-9-21-19(10-17)20-11-18(32-22(15-29)25(20)33-21)12-23(30)26-13-16-6-4-3-5-7-16/h3-10,18,20,22,25,29H,11-15H2,1-2H3,(H,26,30)(H,27,31)/t18-,20-,22+,25+/m1/s1. The van der Waals surface area contributed by atoms with Gasteiger partial charge in [-0.3, -0.25) is 9.59 Å². The van der Waals surface area contributed by atoms with Crippen molar-refractivity contribution < 1.29 is 24.2 Å². The quantitative estimate of drug-likeness (QED) is 0.565. The largest absolute Gasteiger partial charge is 0.487 e. The minimum Gasteiger partial charge on any atom is -0.487 e. The number of likely N-dealkylation sites (N-methyl/N-ethyl adjacent to an activating group) is 1. The van der Waals surface area contributed by atoms with Crippen molar-refractivity contribution in [1.29, 1.82) is 0 Å². The fourth-order valence-electron chi connectivity index (χ4n) is 4.53. The van der Waals surface area contributed by atoms with Crippen molar-refractivity contribution in [1.82, 2.24) is 10.2 Å². The molecule has 0 radical (unpaired) electrons. The highest BCUT2D eigenvalue weighted by molar-refractivity contribution is 5.92. The van der Waals surface area contributed by atoms with Gasteiger partial charge in [-0.2, -0.15) is 0 Å². The Morgan fingerprint density at radius 1 is 1.12 bits per heavy atom. The second-order valence-corrected chi connectivity index (χ2v) is 8.91. The number of fused-ring (bicyclic) bond motifs is 3. The molecule has 0 saturated carbocycles. The first-order valence-electron chi connectivity index (χ1n) is 11.2. The Bertz CT molecular complexity index is 981. The van der Waals surface area contributed by atoms with Crippen molar-refractivity contribution >= 4 is 17.5 Å². The fraction of sp³-hybridized carbons (Fsp3) is 0.440. The zero-order valence-electron chi connectivity index (χ0n) is 19.0. The van der Waals surface area contributed by atoms with Crippen LogP contribution < -0.4 is 15.4 Å². The van der Waals surface area contributed by atoms with E-state index in [0.717, 1.165) is 16.9 Å². The Hall–Kier alpha value is -2.94. The molecule has 4 atom stereocenters. The average molecular weight is 454 g/mol. The molecule has 4 rings (SSSR count). The van der Waals surface area contributed by atoms with E-state index < -0.39 is 6.10 Å². The third-order valence-electron chi connectivity index (χ3n) is 5.99. The molecule has 0 aliphatic carbocycles. The molecular formula is C25H31N3O5. The maximum atomic E-state index is 12.5. The molecule has 2 heterocycles. The molecule has 2 aliphatic heterocycles. The van der Waals surface area contributed by atoms with Gasteiger partial charge in [0.25, 0.3) is 0 Å². The van der Waals surface area contributed by atoms with Crippen LogP contribution in [0.4, 0.5) is 5.69 Å². The zero-order valence-corrected chi connectivity index (χ0v) is 19.0. The monoisotopic (exact) mass is 453 g/mol. The minimum absolute atomic E-state index is 0.0245. The van der Waals surface area contributed by atoms with Gasteiger partial charge < -0.3 is 30.1 Å². The van der Waals surface area contributed by atoms with Crippen LogP contribution in [0.5, 0.6) is 5.75 Å². The van der Waals surface area contributed by atoms with E-state index in [1.54, 1.807) is 4.90 Å². The Labute approximate surface area is 193 Å². The number of nitrogens with one attached hydrogen (secondary N) is 2. The first kappa shape index (κ1) is 23.2. The number of anilines is 1. The van der Waals surface area contributed by atoms with Crippen molar-refractivity contribution in [3.63, 3.8) is 0 Å². The summed E-state index contributed by atoms with van der Waals surface area (Å²) >= 11 is 0. The van der Waals surface area contributed by atoms with Gasteiger partial charge in [0.05, 0.1) is 25.7 Å². The second kappa shape index (κ2) is 10.3. The molecule has 8 heteroatoms. The minimum atomic E-state index is -0.519. The molecule has 3 N–H and O–H groups in total. The summed E-state index contributed by atoms with van der Waals surface area (Å²) in [5.41, 5.74) is 2.71. The van der Waals surface area contributed by atoms with Gasteiger partial charge in [0, 0.05) is 23.7 Å². The lowest BCUT2D eigenvalue weighted by Crippen LogP contribution is -2.47. The van der Waals surface area contributed by atoms with Crippen LogP contribution in [-0.2, 0) is 20.9 Å². The summed E-state index contributed by atoms with van der Waals surface area (Å²) in [4.78, 5) is 26.5. The number of hydrogen-bond donors (Lipinski definition) is 3. The van der Waals surface area contributed by atoms with E-state index in [1.807, 2.05) is 62.6 Å². The van der Waals surface area contributed by atoms with Crippen LogP contribution in [0.15, 0.2) is 48.5 Å². The first-order chi connectivity index (χ1) is 15.9. The molecule has 0 unspecified atom stereocenters. The molecular weight excluding hydrogens is 422 g/mol. The molecule has 0 spiro atoms. The van der Waals surface area contributed by atoms with Gasteiger partial charge in [0.2, 0.25) is 11.8 Å². The molecule has 2 amide bonds. The van der Waals surface area contributed by atoms with Crippen LogP contribution >= 0.6 is 0 Å². The van der Waals surface area contributed by atoms with Gasteiger partial charge in [-0.1, -0.05) is 30.3 Å². The molecule has 1 saturated heterocycles. The van der Waals surface area contributed by atoms with E-state index in [2.05, 4.69) is 10.6 Å². The Morgan fingerprint density at radius 2 is 1.91 bits per heavy atom. The molecule has 0 bridgehead atoms. The van der Waals surface area contributed by atoms with Gasteiger partial charge in [-0.25, -0.2) is 0 Å². The average Bonchev–Trinajstić information content (AvgIpc) is 3.15. The summed E-state index contributed by atoms with van der Waals surface area (Å²) in [7, 11) is 3.68. The van der Waals surface area contributed by atoms with Crippen LogP contribution in [0.1, 0.15) is 29.9 Å². The Morgan fingerprint density at radius 3 is 2.64 bits per heavy atom. The van der Waals surface area contributed by atoms with E-state index in [-0.39, 0.29) is 43.0 Å². The number of carbonyl (C=O) groups excluding carboxylic acids is 2. The number of carbonyl (C=O) groups is 2. The highest BCUT2D eigenvalue weighted by Crippen LogP contribution is 2.47. The SMILES string of the molecule is CN(C)CC(=O)Nc1ccc2c(c1)[C@H]1C[C@H](CC(=O)NCc3ccccc3)O[C@@H](CO)[C@H]1O2. The predicted molar refractivity (Wildman–Crippen MR) is 124 cm³/mol. The molecule has 2 aromatic carbocycles. The van der Waals surface area contributed by atoms with Crippen molar-refractivity contribution in [2.24, 2.45) is 0 Å². The Balaban J connectivity index is 1.42. The van der Waals surface area contributed by atoms with Gasteiger partial charge >= 0.3 is 0 Å². The van der Waals surface area contributed by atoms with Gasteiger partial charge in [0.15, 0.2) is 0 Å². The molecule has 0 aromatic heterocycles. The van der Waals surface area contributed by atoms with Crippen molar-refractivity contribution in [3.05, 3.63) is 59.7 Å². The van der Waals surface area contributed by atoms with E-state index in [4.69, 9.17) is 9.47 Å². The molecule has 176 valence electrons. The number of aliphatic hydroxyl groups is 1. The number of amides is 2. The summed E-state index contributed by atoms with van der Waals surface area (Å²) in [6.45, 7) is 0.563. The summed E-state index contributed by atoms with van der Waals surface area (Å²) in [6, 6.07) is 15.3. The fourth-order valence-corrected chi connectivity index (χ4v) is 4.53. The highest BCUT2D eigenvalue weighted by atomic mass is 16.6. The Kier molecular flexibility index (Phi) is 7.27. The highest BCUT2D eigenvalue weighted by Gasteiger charge is 2.46. The lowest BCUT2D eigenvalue weighted by molar-refractivity contribution is -0.142. The van der Waals surface area contributed by atoms with Crippen molar-refractivity contribution in [2.45, 2.75) is 43.6 Å². The van der Waals surface area contributed by atoms with Gasteiger partial charge in [0.1, 0.15) is 18.0 Å². The maximum absolute atomic E-state index is 12.5. The molecule has 8 nitrogen and oxygen atoms in total. The van der Waals surface area contributed by atoms with E-state index in [0.29, 0.717) is 25.2 Å². The van der Waals surface area contributed by atoms with E-state index in [1.165, 1.54) is 0 Å². The van der Waals surface area contributed by atoms with Gasteiger partial charge in [-0.15, -0.1) is 0 Å². The number of nitrogens with zero attached hydrogens (tertiary/aromatic N) is 1. The van der Waals surface area contributed by atoms with Crippen LogP contribution in [0.2, 0.25) is 0 Å². The normalized spacial score (nSPS) is 23.4. The topological polar surface area (TPSA) is 100 Å². The number of aliphatic hydroxyl groups excluding tert-OH is 1. The third-order valence-corrected chi connectivity index (χ3v) is 5.99. The third kappa shape index (κ3) is 5.71. The van der Waals surface area contributed by atoms with E-state index in [9.17, 15) is 14.7 Å². The maximum Gasteiger partial charge on any atom is 0.238 e. The smallest absolute Gasteiger partial charge is 0.238 e. The number of hydrogen-bond acceptors (Lipinski definition) is 6. The first-order valence-corrected chi connectivity index (χ1v) is 11.2. The second-order valence-electron chi connectivity index (χ2n) is 8.91. The van der Waals surface area contributed by atoms with Crippen LogP contribution in [0.3, 0.4) is 0 Å². The lowest BCUT2D eigenvalue weighted by atomic mass is 9.84. The number of ether oxygens (including phenoxy) is 2. The molecule has 2 aliphatic rings. The predicted octanol–water partition coefficient (Wildman–Crippen LogP) is 1.89. The van der Waals surface area contributed by atoms with Gasteiger partial charge in [-0.05, 0) is 44.3 Å². The zero-order chi connectivity index (χ0) is 23.4. The number of benzene rings is 2. The molecule has 33 heavy (non-hydrogen) atoms. The summed E-state index contributed by atoms with van der Waals surface area (Å²) < 4.78 is 12.1. The number of rotatable bonds is 8.